The van der Waals surface area contributed by atoms with Crippen molar-refractivity contribution in [2.45, 2.75) is 95.6 Å². The first-order chi connectivity index (χ1) is 14.9. The Morgan fingerprint density at radius 2 is 1.62 bits per heavy atom. The zero-order valence-electron chi connectivity index (χ0n) is 21.3. The van der Waals surface area contributed by atoms with Crippen LogP contribution in [0.15, 0.2) is 23.8 Å². The van der Waals surface area contributed by atoms with E-state index < -0.39 is 8.56 Å². The SMILES string of the molecule is COc1ccc(OC)c2c1C/C(C)=C\CC[C@]13CO[Si](C(C)(C)C)(C(C)(C)C)O[C@H]2[C@H]1O3. The summed E-state index contributed by atoms with van der Waals surface area (Å²) in [7, 11) is 0.708. The number of hydrogen-bond donors (Lipinski definition) is 0. The Hall–Kier alpha value is -1.34. The van der Waals surface area contributed by atoms with Crippen LogP contribution >= 0.6 is 0 Å². The Morgan fingerprint density at radius 1 is 1.00 bits per heavy atom. The monoisotopic (exact) mass is 460 g/mol. The molecule has 2 fully saturated rings. The number of fused-ring (bicyclic) bond motifs is 2. The number of ether oxygens (including phenoxy) is 3. The van der Waals surface area contributed by atoms with Gasteiger partial charge in [0.15, 0.2) is 0 Å². The van der Waals surface area contributed by atoms with E-state index in [0.717, 1.165) is 41.9 Å². The topological polar surface area (TPSA) is 49.5 Å². The minimum absolute atomic E-state index is 0.0480. The number of methoxy groups -OCH3 is 2. The lowest BCUT2D eigenvalue weighted by atomic mass is 9.87. The summed E-state index contributed by atoms with van der Waals surface area (Å²) >= 11 is 0. The highest BCUT2D eigenvalue weighted by atomic mass is 28.4. The molecule has 2 saturated heterocycles. The Morgan fingerprint density at radius 3 is 2.22 bits per heavy atom. The van der Waals surface area contributed by atoms with E-state index in [2.05, 4.69) is 54.5 Å². The van der Waals surface area contributed by atoms with Gasteiger partial charge in [-0.25, -0.2) is 0 Å². The summed E-state index contributed by atoms with van der Waals surface area (Å²) in [5.74, 6) is 1.70. The third kappa shape index (κ3) is 3.63. The number of epoxide rings is 1. The van der Waals surface area contributed by atoms with Gasteiger partial charge in [-0.3, -0.25) is 0 Å². The lowest BCUT2D eigenvalue weighted by Gasteiger charge is -2.50. The molecule has 0 unspecified atom stereocenters. The zero-order chi connectivity index (χ0) is 23.5. The van der Waals surface area contributed by atoms with Gasteiger partial charge in [-0.05, 0) is 38.3 Å². The van der Waals surface area contributed by atoms with Gasteiger partial charge >= 0.3 is 8.56 Å². The van der Waals surface area contributed by atoms with Crippen LogP contribution in [0.2, 0.25) is 10.1 Å². The van der Waals surface area contributed by atoms with Crippen molar-refractivity contribution in [3.63, 3.8) is 0 Å². The van der Waals surface area contributed by atoms with Gasteiger partial charge < -0.3 is 23.1 Å². The molecule has 3 aliphatic rings. The Balaban J connectivity index is 1.98. The van der Waals surface area contributed by atoms with E-state index in [9.17, 15) is 0 Å². The van der Waals surface area contributed by atoms with Crippen molar-refractivity contribution in [2.24, 2.45) is 0 Å². The van der Waals surface area contributed by atoms with Crippen LogP contribution < -0.4 is 9.47 Å². The molecule has 2 bridgehead atoms. The minimum atomic E-state index is -2.76. The van der Waals surface area contributed by atoms with E-state index >= 15 is 0 Å². The summed E-state index contributed by atoms with van der Waals surface area (Å²) in [6.07, 6.45) is 4.74. The Labute approximate surface area is 194 Å². The molecule has 2 aliphatic heterocycles. The van der Waals surface area contributed by atoms with Crippen molar-refractivity contribution >= 4 is 8.56 Å². The molecule has 1 aliphatic carbocycles. The molecule has 0 saturated carbocycles. The van der Waals surface area contributed by atoms with Gasteiger partial charge in [0.2, 0.25) is 0 Å². The van der Waals surface area contributed by atoms with Crippen LogP contribution in [0.3, 0.4) is 0 Å². The van der Waals surface area contributed by atoms with Crippen molar-refractivity contribution in [1.82, 2.24) is 0 Å². The van der Waals surface area contributed by atoms with Gasteiger partial charge in [0.1, 0.15) is 29.3 Å². The van der Waals surface area contributed by atoms with Crippen LogP contribution in [-0.2, 0) is 20.0 Å². The number of benzene rings is 1. The van der Waals surface area contributed by atoms with E-state index in [1.54, 1.807) is 14.2 Å². The molecule has 0 N–H and O–H groups in total. The highest BCUT2D eigenvalue weighted by molar-refractivity contribution is 6.73. The summed E-state index contributed by atoms with van der Waals surface area (Å²) in [5, 5.41) is -0.246. The maximum atomic E-state index is 7.32. The number of allylic oxidation sites excluding steroid dienone is 2. The predicted molar refractivity (Wildman–Crippen MR) is 129 cm³/mol. The molecule has 0 spiro atoms. The molecule has 1 aromatic carbocycles. The fraction of sp³-hybridized carbons (Fsp3) is 0.692. The summed E-state index contributed by atoms with van der Waals surface area (Å²) in [4.78, 5) is 0. The predicted octanol–water partition coefficient (Wildman–Crippen LogP) is 6.25. The van der Waals surface area contributed by atoms with E-state index in [-0.39, 0.29) is 27.9 Å². The second-order valence-corrected chi connectivity index (χ2v) is 16.4. The highest BCUT2D eigenvalue weighted by Gasteiger charge is 2.70. The van der Waals surface area contributed by atoms with E-state index in [1.165, 1.54) is 5.57 Å². The fourth-order valence-electron chi connectivity index (χ4n) is 5.97. The van der Waals surface area contributed by atoms with Gasteiger partial charge in [0.25, 0.3) is 0 Å². The molecule has 0 amide bonds. The molecule has 1 aromatic rings. The highest BCUT2D eigenvalue weighted by Crippen LogP contribution is 2.62. The zero-order valence-corrected chi connectivity index (χ0v) is 22.3. The molecule has 4 rings (SSSR count). The third-order valence-corrected chi connectivity index (χ3v) is 12.5. The summed E-state index contributed by atoms with van der Waals surface area (Å²) in [6.45, 7) is 16.4. The average Bonchev–Trinajstić information content (AvgIpc) is 3.41. The van der Waals surface area contributed by atoms with E-state index in [4.69, 9.17) is 23.1 Å². The standard InChI is InChI=1S/C26H40O5Si/c1-17-11-10-14-26-16-29-32(24(2,3)4,25(5,6)7)31-22(23(26)30-26)21-18(15-17)19(27-8)12-13-20(21)28-9/h11-13,22-23H,10,14-16H2,1-9H3/b17-11-/t22-,23-,26+/m1/s1. The molecule has 0 radical (unpaired) electrons. The van der Waals surface area contributed by atoms with Gasteiger partial charge in [-0.1, -0.05) is 53.2 Å². The van der Waals surface area contributed by atoms with Crippen molar-refractivity contribution < 1.29 is 23.1 Å². The molecule has 178 valence electrons. The first-order valence-corrected chi connectivity index (χ1v) is 13.6. The van der Waals surface area contributed by atoms with Crippen molar-refractivity contribution in [1.29, 1.82) is 0 Å². The normalized spacial score (nSPS) is 31.3. The van der Waals surface area contributed by atoms with Crippen LogP contribution in [0.4, 0.5) is 0 Å². The van der Waals surface area contributed by atoms with Gasteiger partial charge in [0, 0.05) is 21.2 Å². The maximum Gasteiger partial charge on any atom is 0.350 e. The molecule has 2 heterocycles. The molecule has 3 atom stereocenters. The first kappa shape index (κ1) is 23.8. The smallest absolute Gasteiger partial charge is 0.350 e. The van der Waals surface area contributed by atoms with E-state index in [1.807, 2.05) is 12.1 Å². The van der Waals surface area contributed by atoms with Crippen molar-refractivity contribution in [3.8, 4) is 11.5 Å². The lowest BCUT2D eigenvalue weighted by molar-refractivity contribution is 0.0473. The largest absolute Gasteiger partial charge is 0.496 e. The second-order valence-electron chi connectivity index (χ2n) is 11.7. The molecular weight excluding hydrogens is 420 g/mol. The van der Waals surface area contributed by atoms with Crippen LogP contribution in [0, 0.1) is 0 Å². The Kier molecular flexibility index (Phi) is 5.85. The summed E-state index contributed by atoms with van der Waals surface area (Å²) in [6, 6.07) is 4.00. The summed E-state index contributed by atoms with van der Waals surface area (Å²) in [5.41, 5.74) is 3.20. The van der Waals surface area contributed by atoms with Crippen LogP contribution in [0.5, 0.6) is 11.5 Å². The maximum absolute atomic E-state index is 7.32. The number of rotatable bonds is 2. The minimum Gasteiger partial charge on any atom is -0.496 e. The first-order valence-electron chi connectivity index (χ1n) is 11.8. The van der Waals surface area contributed by atoms with Crippen molar-refractivity contribution in [3.05, 3.63) is 34.9 Å². The fourth-order valence-corrected chi connectivity index (χ4v) is 10.9. The van der Waals surface area contributed by atoms with E-state index in [0.29, 0.717) is 6.61 Å². The average molecular weight is 461 g/mol. The molecule has 6 heteroatoms. The third-order valence-electron chi connectivity index (χ3n) is 7.40. The molecule has 0 aromatic heterocycles. The van der Waals surface area contributed by atoms with Gasteiger partial charge in [-0.15, -0.1) is 0 Å². The molecule has 32 heavy (non-hydrogen) atoms. The van der Waals surface area contributed by atoms with Crippen molar-refractivity contribution in [2.75, 3.05) is 20.8 Å². The van der Waals surface area contributed by atoms with Crippen LogP contribution in [0.25, 0.3) is 0 Å². The van der Waals surface area contributed by atoms with Crippen LogP contribution in [-0.4, -0.2) is 41.1 Å². The quantitative estimate of drug-likeness (QED) is 0.296. The molecular formula is C26H40O5Si. The molecule has 5 nitrogen and oxygen atoms in total. The Bertz CT molecular complexity index is 896. The lowest BCUT2D eigenvalue weighted by Crippen LogP contribution is -2.58. The second kappa shape index (κ2) is 7.86. The van der Waals surface area contributed by atoms with Crippen LogP contribution in [0.1, 0.15) is 78.5 Å². The van der Waals surface area contributed by atoms with Gasteiger partial charge in [-0.2, -0.15) is 0 Å². The summed E-state index contributed by atoms with van der Waals surface area (Å²) < 4.78 is 32.5. The van der Waals surface area contributed by atoms with Gasteiger partial charge in [0.05, 0.1) is 20.8 Å². The number of hydrogen-bond acceptors (Lipinski definition) is 5.